The summed E-state index contributed by atoms with van der Waals surface area (Å²) in [6.07, 6.45) is 0.690. The van der Waals surface area contributed by atoms with Gasteiger partial charge in [-0.2, -0.15) is 0 Å². The number of aliphatic carboxylic acids is 1. The number of nitrogens with one attached hydrogen (secondary N) is 1. The molecule has 19 heavy (non-hydrogen) atoms. The highest BCUT2D eigenvalue weighted by molar-refractivity contribution is 6.05. The lowest BCUT2D eigenvalue weighted by Gasteiger charge is -2.19. The number of anilines is 2. The third-order valence-electron chi connectivity index (χ3n) is 2.85. The predicted octanol–water partition coefficient (Wildman–Crippen LogP) is 1.23. The quantitative estimate of drug-likeness (QED) is 0.799. The average Bonchev–Trinajstić information content (AvgIpc) is 2.75. The Labute approximate surface area is 110 Å². The third-order valence-corrected chi connectivity index (χ3v) is 2.85. The van der Waals surface area contributed by atoms with Gasteiger partial charge in [-0.3, -0.25) is 14.4 Å². The molecule has 1 heterocycles. The molecule has 100 valence electrons. The number of carbonyl (C=O) groups excluding carboxylic acids is 2. The first-order chi connectivity index (χ1) is 9.08. The van der Waals surface area contributed by atoms with Gasteiger partial charge in [-0.1, -0.05) is 12.1 Å². The first kappa shape index (κ1) is 13.1. The predicted molar refractivity (Wildman–Crippen MR) is 68.9 cm³/mol. The number of carbonyl (C=O) groups is 3. The fraction of sp³-hybridized carbons (Fsp3) is 0.308. The van der Waals surface area contributed by atoms with Crippen LogP contribution in [0.2, 0.25) is 0 Å². The lowest BCUT2D eigenvalue weighted by Crippen LogP contribution is -2.26. The van der Waals surface area contributed by atoms with E-state index < -0.39 is 18.3 Å². The first-order valence-corrected chi connectivity index (χ1v) is 5.99. The van der Waals surface area contributed by atoms with Crippen LogP contribution in [0.15, 0.2) is 24.3 Å². The van der Waals surface area contributed by atoms with E-state index >= 15 is 0 Å². The fourth-order valence-corrected chi connectivity index (χ4v) is 2.05. The van der Waals surface area contributed by atoms with E-state index in [-0.39, 0.29) is 5.91 Å². The lowest BCUT2D eigenvalue weighted by molar-refractivity contribution is -0.139. The maximum Gasteiger partial charge on any atom is 0.312 e. The highest BCUT2D eigenvalue weighted by Crippen LogP contribution is 2.29. The van der Waals surface area contributed by atoms with Crippen molar-refractivity contribution >= 4 is 29.2 Å². The summed E-state index contributed by atoms with van der Waals surface area (Å²) >= 11 is 0. The Kier molecular flexibility index (Phi) is 3.79. The second kappa shape index (κ2) is 5.51. The Morgan fingerprint density at radius 1 is 1.32 bits per heavy atom. The Balaban J connectivity index is 2.19. The SMILES string of the molecule is O=C(O)CC(=O)Nc1ccccc1N1CCCC1=O. The van der Waals surface area contributed by atoms with Gasteiger partial charge in [0, 0.05) is 13.0 Å². The van der Waals surface area contributed by atoms with Crippen LogP contribution in [-0.2, 0) is 14.4 Å². The number of hydrogen-bond acceptors (Lipinski definition) is 3. The second-order valence-electron chi connectivity index (χ2n) is 4.28. The second-order valence-corrected chi connectivity index (χ2v) is 4.28. The summed E-state index contributed by atoms with van der Waals surface area (Å²) in [6, 6.07) is 6.88. The molecule has 1 saturated heterocycles. The van der Waals surface area contributed by atoms with E-state index in [1.165, 1.54) is 0 Å². The molecule has 2 N–H and O–H groups in total. The van der Waals surface area contributed by atoms with Crippen molar-refractivity contribution in [3.8, 4) is 0 Å². The van der Waals surface area contributed by atoms with E-state index in [0.717, 1.165) is 6.42 Å². The van der Waals surface area contributed by atoms with Crippen LogP contribution in [-0.4, -0.2) is 29.4 Å². The topological polar surface area (TPSA) is 86.7 Å². The molecule has 1 aliphatic rings. The van der Waals surface area contributed by atoms with Crippen LogP contribution in [0.1, 0.15) is 19.3 Å². The smallest absolute Gasteiger partial charge is 0.312 e. The molecule has 1 aromatic rings. The molecule has 0 spiro atoms. The van der Waals surface area contributed by atoms with E-state index in [9.17, 15) is 14.4 Å². The largest absolute Gasteiger partial charge is 0.481 e. The molecule has 0 saturated carbocycles. The Bertz CT molecular complexity index is 527. The summed E-state index contributed by atoms with van der Waals surface area (Å²) < 4.78 is 0. The zero-order valence-corrected chi connectivity index (χ0v) is 10.3. The number of amides is 2. The summed E-state index contributed by atoms with van der Waals surface area (Å²) in [5.74, 6) is -1.78. The van der Waals surface area contributed by atoms with E-state index in [4.69, 9.17) is 5.11 Å². The molecule has 2 amide bonds. The van der Waals surface area contributed by atoms with E-state index in [1.54, 1.807) is 29.2 Å². The molecule has 6 nitrogen and oxygen atoms in total. The van der Waals surface area contributed by atoms with Gasteiger partial charge in [0.1, 0.15) is 6.42 Å². The highest BCUT2D eigenvalue weighted by atomic mass is 16.4. The maximum atomic E-state index is 11.7. The molecule has 0 aliphatic carbocycles. The van der Waals surface area contributed by atoms with Crippen LogP contribution >= 0.6 is 0 Å². The number of para-hydroxylation sites is 2. The van der Waals surface area contributed by atoms with Gasteiger partial charge < -0.3 is 15.3 Å². The standard InChI is InChI=1S/C13H14N2O4/c16-11(8-13(18)19)14-9-4-1-2-5-10(9)15-7-3-6-12(15)17/h1-2,4-5H,3,6-8H2,(H,14,16)(H,18,19). The van der Waals surface area contributed by atoms with Gasteiger partial charge in [-0.15, -0.1) is 0 Å². The molecule has 1 aliphatic heterocycles. The minimum absolute atomic E-state index is 0.0138. The molecular weight excluding hydrogens is 248 g/mol. The van der Waals surface area contributed by atoms with Crippen LogP contribution in [0.25, 0.3) is 0 Å². The van der Waals surface area contributed by atoms with Crippen LogP contribution in [0, 0.1) is 0 Å². The molecule has 0 radical (unpaired) electrons. The van der Waals surface area contributed by atoms with Crippen molar-refractivity contribution in [3.63, 3.8) is 0 Å². The molecule has 6 heteroatoms. The number of hydrogen-bond donors (Lipinski definition) is 2. The summed E-state index contributed by atoms with van der Waals surface area (Å²) in [7, 11) is 0. The number of rotatable bonds is 4. The van der Waals surface area contributed by atoms with Crippen molar-refractivity contribution in [1.82, 2.24) is 0 Å². The average molecular weight is 262 g/mol. The van der Waals surface area contributed by atoms with Crippen molar-refractivity contribution in [2.24, 2.45) is 0 Å². The van der Waals surface area contributed by atoms with Crippen molar-refractivity contribution in [3.05, 3.63) is 24.3 Å². The van der Waals surface area contributed by atoms with Gasteiger partial charge in [-0.25, -0.2) is 0 Å². The van der Waals surface area contributed by atoms with Gasteiger partial charge in [0.25, 0.3) is 0 Å². The molecule has 1 fully saturated rings. The lowest BCUT2D eigenvalue weighted by atomic mass is 10.2. The van der Waals surface area contributed by atoms with Crippen molar-refractivity contribution < 1.29 is 19.5 Å². The minimum atomic E-state index is -1.19. The molecule has 0 atom stereocenters. The van der Waals surface area contributed by atoms with Crippen molar-refractivity contribution in [1.29, 1.82) is 0 Å². The van der Waals surface area contributed by atoms with Crippen LogP contribution in [0.3, 0.4) is 0 Å². The van der Waals surface area contributed by atoms with Crippen molar-refractivity contribution in [2.75, 3.05) is 16.8 Å². The Hall–Kier alpha value is -2.37. The Morgan fingerprint density at radius 3 is 2.68 bits per heavy atom. The number of carboxylic acids is 1. The van der Waals surface area contributed by atoms with Gasteiger partial charge in [0.15, 0.2) is 0 Å². The highest BCUT2D eigenvalue weighted by Gasteiger charge is 2.24. The molecule has 2 rings (SSSR count). The maximum absolute atomic E-state index is 11.7. The van der Waals surface area contributed by atoms with Crippen LogP contribution < -0.4 is 10.2 Å². The van der Waals surface area contributed by atoms with Gasteiger partial charge in [0.2, 0.25) is 11.8 Å². The van der Waals surface area contributed by atoms with E-state index in [0.29, 0.717) is 24.3 Å². The number of nitrogens with zero attached hydrogens (tertiary/aromatic N) is 1. The first-order valence-electron chi connectivity index (χ1n) is 5.99. The van der Waals surface area contributed by atoms with Crippen LogP contribution in [0.4, 0.5) is 11.4 Å². The van der Waals surface area contributed by atoms with E-state index in [2.05, 4.69) is 5.32 Å². The normalized spacial score (nSPS) is 14.5. The zero-order chi connectivity index (χ0) is 13.8. The minimum Gasteiger partial charge on any atom is -0.481 e. The molecular formula is C13H14N2O4. The zero-order valence-electron chi connectivity index (χ0n) is 10.3. The number of benzene rings is 1. The summed E-state index contributed by atoms with van der Waals surface area (Å²) in [4.78, 5) is 35.3. The van der Waals surface area contributed by atoms with Crippen LogP contribution in [0.5, 0.6) is 0 Å². The Morgan fingerprint density at radius 2 is 2.05 bits per heavy atom. The van der Waals surface area contributed by atoms with Gasteiger partial charge in [0.05, 0.1) is 11.4 Å². The molecule has 0 unspecified atom stereocenters. The number of carboxylic acid groups (broad SMARTS) is 1. The molecule has 0 aromatic heterocycles. The van der Waals surface area contributed by atoms with Crippen molar-refractivity contribution in [2.45, 2.75) is 19.3 Å². The summed E-state index contributed by atoms with van der Waals surface area (Å²) in [5, 5.41) is 11.1. The van der Waals surface area contributed by atoms with Gasteiger partial charge >= 0.3 is 5.97 Å². The third kappa shape index (κ3) is 3.09. The monoisotopic (exact) mass is 262 g/mol. The summed E-state index contributed by atoms with van der Waals surface area (Å²) in [5.41, 5.74) is 1.08. The summed E-state index contributed by atoms with van der Waals surface area (Å²) in [6.45, 7) is 0.616. The molecule has 0 bridgehead atoms. The van der Waals surface area contributed by atoms with E-state index in [1.807, 2.05) is 0 Å². The fourth-order valence-electron chi connectivity index (χ4n) is 2.05. The molecule has 1 aromatic carbocycles. The van der Waals surface area contributed by atoms with Gasteiger partial charge in [-0.05, 0) is 18.6 Å².